The van der Waals surface area contributed by atoms with Gasteiger partial charge in [-0.1, -0.05) is 23.2 Å². The fraction of sp³-hybridized carbons (Fsp3) is 0.889. The van der Waals surface area contributed by atoms with Crippen molar-refractivity contribution < 1.29 is 18.4 Å². The van der Waals surface area contributed by atoms with Crippen LogP contribution in [-0.4, -0.2) is 85.7 Å². The Bertz CT molecular complexity index is 462. The number of alkyl halides is 2. The molecule has 26 heavy (non-hydrogen) atoms. The van der Waals surface area contributed by atoms with Gasteiger partial charge >= 0.3 is 0 Å². The van der Waals surface area contributed by atoms with Gasteiger partial charge < -0.3 is 9.47 Å². The van der Waals surface area contributed by atoms with Crippen LogP contribution in [0.2, 0.25) is 0 Å². The van der Waals surface area contributed by atoms with E-state index in [0.29, 0.717) is 48.5 Å². The Labute approximate surface area is 166 Å². The number of morpholine rings is 2. The first-order chi connectivity index (χ1) is 12.6. The summed E-state index contributed by atoms with van der Waals surface area (Å²) in [4.78, 5) is 0. The van der Waals surface area contributed by atoms with Gasteiger partial charge in [-0.3, -0.25) is 8.97 Å². The van der Waals surface area contributed by atoms with E-state index in [9.17, 15) is 10.5 Å². The van der Waals surface area contributed by atoms with Gasteiger partial charge in [-0.05, 0) is 12.8 Å². The fourth-order valence-corrected chi connectivity index (χ4v) is 4.78. The lowest BCUT2D eigenvalue weighted by Crippen LogP contribution is -2.59. The number of hydrogen-bond donors (Lipinski definition) is 0. The highest BCUT2D eigenvalue weighted by Crippen LogP contribution is 2.27. The third-order valence-electron chi connectivity index (χ3n) is 5.82. The van der Waals surface area contributed by atoms with Crippen molar-refractivity contribution >= 4 is 23.2 Å². The van der Waals surface area contributed by atoms with Crippen molar-refractivity contribution in [2.24, 2.45) is 0 Å². The van der Waals surface area contributed by atoms with Gasteiger partial charge in [0.2, 0.25) is 0 Å². The number of hydrogen-bond acceptors (Lipinski definition) is 4. The van der Waals surface area contributed by atoms with Crippen molar-refractivity contribution in [1.29, 1.82) is 10.5 Å². The van der Waals surface area contributed by atoms with E-state index in [1.165, 1.54) is 0 Å². The highest BCUT2D eigenvalue weighted by Gasteiger charge is 2.39. The molecule has 2 aliphatic rings. The third-order valence-corrected chi connectivity index (χ3v) is 7.08. The molecule has 2 fully saturated rings. The fourth-order valence-electron chi connectivity index (χ4n) is 3.94. The third kappa shape index (κ3) is 5.45. The molecule has 0 radical (unpaired) electrons. The zero-order valence-electron chi connectivity index (χ0n) is 15.4. The van der Waals surface area contributed by atoms with Crippen molar-refractivity contribution in [3.05, 3.63) is 0 Å². The van der Waals surface area contributed by atoms with Gasteiger partial charge in [0, 0.05) is 12.8 Å². The van der Waals surface area contributed by atoms with Gasteiger partial charge in [0.25, 0.3) is 0 Å². The zero-order valence-corrected chi connectivity index (χ0v) is 16.9. The van der Waals surface area contributed by atoms with Gasteiger partial charge in [0.1, 0.15) is 38.3 Å². The van der Waals surface area contributed by atoms with Crippen LogP contribution in [0.25, 0.3) is 0 Å². The average molecular weight is 405 g/mol. The molecular formula is C18H30Cl2N4O2+2. The minimum absolute atomic E-state index is 0.0574. The van der Waals surface area contributed by atoms with E-state index in [1.807, 2.05) is 0 Å². The monoisotopic (exact) mass is 404 g/mol. The Morgan fingerprint density at radius 2 is 1.08 bits per heavy atom. The van der Waals surface area contributed by atoms with E-state index in [1.54, 1.807) is 0 Å². The Morgan fingerprint density at radius 1 is 0.731 bits per heavy atom. The summed E-state index contributed by atoms with van der Waals surface area (Å²) >= 11 is 13.4. The number of nitrogens with zero attached hydrogens (tertiary/aromatic N) is 4. The molecule has 6 nitrogen and oxygen atoms in total. The van der Waals surface area contributed by atoms with Gasteiger partial charge in [0.05, 0.1) is 26.4 Å². The molecule has 2 atom stereocenters. The Balaban J connectivity index is 1.79. The van der Waals surface area contributed by atoms with Crippen LogP contribution in [-0.2, 0) is 9.47 Å². The highest BCUT2D eigenvalue weighted by molar-refractivity contribution is 6.19. The summed E-state index contributed by atoms with van der Waals surface area (Å²) in [5.74, 6) is 0. The number of halogens is 2. The van der Waals surface area contributed by atoms with Crippen molar-refractivity contribution in [3.8, 4) is 12.1 Å². The van der Waals surface area contributed by atoms with Gasteiger partial charge in [0.15, 0.2) is 24.1 Å². The molecule has 0 aromatic rings. The first-order valence-electron chi connectivity index (χ1n) is 9.48. The maximum absolute atomic E-state index is 9.18. The predicted molar refractivity (Wildman–Crippen MR) is 100 cm³/mol. The van der Waals surface area contributed by atoms with Crippen LogP contribution >= 0.6 is 23.2 Å². The molecule has 0 amide bonds. The van der Waals surface area contributed by atoms with Crippen molar-refractivity contribution in [2.45, 2.75) is 36.7 Å². The van der Waals surface area contributed by atoms with Crippen LogP contribution in [0.5, 0.6) is 0 Å². The molecule has 2 heterocycles. The topological polar surface area (TPSA) is 66.0 Å². The van der Waals surface area contributed by atoms with Crippen LogP contribution < -0.4 is 0 Å². The highest BCUT2D eigenvalue weighted by atomic mass is 35.5. The van der Waals surface area contributed by atoms with E-state index in [4.69, 9.17) is 32.7 Å². The number of unbranched alkanes of at least 4 members (excludes halogenated alkanes) is 1. The van der Waals surface area contributed by atoms with E-state index in [0.717, 1.165) is 51.9 Å². The molecule has 8 heteroatoms. The summed E-state index contributed by atoms with van der Waals surface area (Å²) in [5.41, 5.74) is -0.115. The first kappa shape index (κ1) is 21.7. The molecule has 0 saturated carbocycles. The molecule has 2 unspecified atom stereocenters. The molecule has 0 aromatic heterocycles. The summed E-state index contributed by atoms with van der Waals surface area (Å²) in [6.45, 7) is 6.80. The Morgan fingerprint density at radius 3 is 1.38 bits per heavy atom. The molecule has 0 spiro atoms. The molecule has 0 N–H and O–H groups in total. The molecule has 0 aromatic carbocycles. The first-order valence-corrected chi connectivity index (χ1v) is 10.3. The van der Waals surface area contributed by atoms with E-state index in [-0.39, 0.29) is 11.0 Å². The second-order valence-corrected chi connectivity index (χ2v) is 8.35. The second-order valence-electron chi connectivity index (χ2n) is 7.34. The van der Waals surface area contributed by atoms with Crippen molar-refractivity contribution in [2.75, 3.05) is 65.7 Å². The largest absolute Gasteiger partial charge is 0.370 e. The molecule has 2 aliphatic heterocycles. The Kier molecular flexibility index (Phi) is 8.90. The standard InChI is InChI=1S/C18H30Cl2N4O2/c19-17(23(7-5-21)9-13-25-14-10-23)3-1-2-4-18(20)24(8-6-22)11-15-26-16-12-24/h17-18H,1-4,7-16H2/q+2. The second kappa shape index (κ2) is 10.7. The lowest BCUT2D eigenvalue weighted by molar-refractivity contribution is -0.940. The van der Waals surface area contributed by atoms with Gasteiger partial charge in [-0.2, -0.15) is 10.5 Å². The lowest BCUT2D eigenvalue weighted by atomic mass is 10.1. The smallest absolute Gasteiger partial charge is 0.167 e. The minimum Gasteiger partial charge on any atom is -0.370 e. The number of rotatable bonds is 9. The molecule has 2 saturated heterocycles. The van der Waals surface area contributed by atoms with Crippen LogP contribution in [0.15, 0.2) is 0 Å². The summed E-state index contributed by atoms with van der Waals surface area (Å²) < 4.78 is 12.1. The van der Waals surface area contributed by atoms with Crippen LogP contribution in [0.4, 0.5) is 0 Å². The van der Waals surface area contributed by atoms with Crippen molar-refractivity contribution in [1.82, 2.24) is 0 Å². The zero-order chi connectivity index (χ0) is 18.9. The minimum atomic E-state index is -0.0574. The summed E-state index contributed by atoms with van der Waals surface area (Å²) in [7, 11) is 0. The van der Waals surface area contributed by atoms with Crippen molar-refractivity contribution in [3.63, 3.8) is 0 Å². The summed E-state index contributed by atoms with van der Waals surface area (Å²) in [6, 6.07) is 4.59. The van der Waals surface area contributed by atoms with Gasteiger partial charge in [-0.25, -0.2) is 0 Å². The maximum atomic E-state index is 9.18. The molecule has 0 bridgehead atoms. The van der Waals surface area contributed by atoms with E-state index >= 15 is 0 Å². The Hall–Kier alpha value is -0.600. The van der Waals surface area contributed by atoms with E-state index < -0.39 is 0 Å². The number of nitriles is 2. The van der Waals surface area contributed by atoms with Gasteiger partial charge in [-0.15, -0.1) is 0 Å². The molecule has 0 aliphatic carbocycles. The normalized spacial score (nSPS) is 24.2. The van der Waals surface area contributed by atoms with Crippen LogP contribution in [0, 0.1) is 22.7 Å². The molecule has 146 valence electrons. The summed E-state index contributed by atoms with van der Waals surface area (Å²) in [6.07, 6.45) is 3.70. The van der Waals surface area contributed by atoms with E-state index in [2.05, 4.69) is 12.1 Å². The lowest BCUT2D eigenvalue weighted by Gasteiger charge is -2.43. The maximum Gasteiger partial charge on any atom is 0.167 e. The number of ether oxygens (including phenoxy) is 2. The summed E-state index contributed by atoms with van der Waals surface area (Å²) in [5, 5.41) is 18.4. The predicted octanol–water partition coefficient (Wildman–Crippen LogP) is 2.42. The quantitative estimate of drug-likeness (QED) is 0.194. The SMILES string of the molecule is N#CC[N+]1(C(Cl)CCCCC(Cl)[N+]2(CC#N)CCOCC2)CCOCC1. The molecule has 2 rings (SSSR count). The van der Waals surface area contributed by atoms with Crippen LogP contribution in [0.3, 0.4) is 0 Å². The number of quaternary nitrogens is 2. The van der Waals surface area contributed by atoms with Crippen LogP contribution in [0.1, 0.15) is 25.7 Å². The molecular weight excluding hydrogens is 375 g/mol. The average Bonchev–Trinajstić information content (AvgIpc) is 2.66.